The van der Waals surface area contributed by atoms with E-state index in [1.54, 1.807) is 24.3 Å². The van der Waals surface area contributed by atoms with Gasteiger partial charge in [-0.3, -0.25) is 4.79 Å². The predicted molar refractivity (Wildman–Crippen MR) is 114 cm³/mol. The van der Waals surface area contributed by atoms with Crippen LogP contribution in [0.2, 0.25) is 0 Å². The van der Waals surface area contributed by atoms with Crippen molar-refractivity contribution in [1.29, 1.82) is 0 Å². The van der Waals surface area contributed by atoms with Crippen LogP contribution >= 0.6 is 0 Å². The van der Waals surface area contributed by atoms with Crippen molar-refractivity contribution in [3.8, 4) is 5.75 Å². The number of carbonyl (C=O) groups excluding carboxylic acids is 2. The predicted octanol–water partition coefficient (Wildman–Crippen LogP) is 4.63. The fourth-order valence-electron chi connectivity index (χ4n) is 3.58. The highest BCUT2D eigenvalue weighted by Crippen LogP contribution is 2.34. The summed E-state index contributed by atoms with van der Waals surface area (Å²) in [5.74, 6) is 0.0664. The van der Waals surface area contributed by atoms with Gasteiger partial charge in [-0.25, -0.2) is 4.79 Å². The lowest BCUT2D eigenvalue weighted by Crippen LogP contribution is -2.24. The third-order valence-corrected chi connectivity index (χ3v) is 5.22. The summed E-state index contributed by atoms with van der Waals surface area (Å²) in [4.78, 5) is 26.6. The van der Waals surface area contributed by atoms with Crippen LogP contribution in [-0.2, 0) is 10.2 Å². The number of Topliss-reactive ketones (excluding diaryl/α,β-unsaturated/α-hetero) is 1. The molecule has 1 saturated heterocycles. The van der Waals surface area contributed by atoms with Crippen molar-refractivity contribution >= 4 is 17.4 Å². The van der Waals surface area contributed by atoms with Gasteiger partial charge in [-0.15, -0.1) is 0 Å². The van der Waals surface area contributed by atoms with Crippen molar-refractivity contribution in [2.75, 3.05) is 31.7 Å². The van der Waals surface area contributed by atoms with Crippen LogP contribution in [0.15, 0.2) is 42.5 Å². The fourth-order valence-corrected chi connectivity index (χ4v) is 3.58. The van der Waals surface area contributed by atoms with Gasteiger partial charge in [-0.1, -0.05) is 20.8 Å². The molecule has 0 amide bonds. The van der Waals surface area contributed by atoms with Gasteiger partial charge in [0.2, 0.25) is 0 Å². The molecule has 1 heterocycles. The van der Waals surface area contributed by atoms with Crippen LogP contribution < -0.4 is 9.64 Å². The smallest absolute Gasteiger partial charge is 0.337 e. The maximum Gasteiger partial charge on any atom is 0.337 e. The second-order valence-corrected chi connectivity index (χ2v) is 8.40. The van der Waals surface area contributed by atoms with Gasteiger partial charge in [0.05, 0.1) is 12.7 Å². The van der Waals surface area contributed by atoms with E-state index in [9.17, 15) is 9.59 Å². The van der Waals surface area contributed by atoms with Gasteiger partial charge in [-0.2, -0.15) is 0 Å². The number of hydrogen-bond acceptors (Lipinski definition) is 5. The van der Waals surface area contributed by atoms with Gasteiger partial charge in [0.15, 0.2) is 12.4 Å². The molecular formula is C24H29NO4. The Morgan fingerprint density at radius 2 is 1.59 bits per heavy atom. The first-order valence-electron chi connectivity index (χ1n) is 10.0. The van der Waals surface area contributed by atoms with Gasteiger partial charge in [0.1, 0.15) is 5.75 Å². The molecule has 2 aromatic rings. The van der Waals surface area contributed by atoms with Crippen molar-refractivity contribution in [2.45, 2.75) is 39.0 Å². The zero-order valence-corrected chi connectivity index (χ0v) is 17.7. The zero-order chi connectivity index (χ0) is 21.0. The van der Waals surface area contributed by atoms with Gasteiger partial charge >= 0.3 is 5.97 Å². The summed E-state index contributed by atoms with van der Waals surface area (Å²) in [6.07, 6.45) is 2.43. The van der Waals surface area contributed by atoms with Crippen LogP contribution in [0.3, 0.4) is 0 Å². The molecule has 1 fully saturated rings. The van der Waals surface area contributed by atoms with E-state index in [4.69, 9.17) is 4.74 Å². The largest absolute Gasteiger partial charge is 0.485 e. The molecule has 3 rings (SSSR count). The number of hydrogen-bond donors (Lipinski definition) is 0. The number of anilines is 1. The first-order chi connectivity index (χ1) is 13.8. The van der Waals surface area contributed by atoms with Crippen LogP contribution in [0, 0.1) is 0 Å². The molecule has 0 radical (unpaired) electrons. The van der Waals surface area contributed by atoms with E-state index in [-0.39, 0.29) is 17.8 Å². The Balaban J connectivity index is 1.72. The highest BCUT2D eigenvalue weighted by molar-refractivity contribution is 5.98. The monoisotopic (exact) mass is 395 g/mol. The van der Waals surface area contributed by atoms with E-state index in [2.05, 4.69) is 36.5 Å². The van der Waals surface area contributed by atoms with Gasteiger partial charge in [0, 0.05) is 24.3 Å². The number of esters is 1. The van der Waals surface area contributed by atoms with E-state index < -0.39 is 5.97 Å². The number of ketones is 1. The molecule has 0 aliphatic carbocycles. The van der Waals surface area contributed by atoms with E-state index in [0.717, 1.165) is 13.1 Å². The van der Waals surface area contributed by atoms with Gasteiger partial charge in [-0.05, 0) is 66.3 Å². The third kappa shape index (κ3) is 4.97. The molecule has 0 saturated carbocycles. The zero-order valence-electron chi connectivity index (χ0n) is 17.7. The molecule has 0 unspecified atom stereocenters. The van der Waals surface area contributed by atoms with Crippen LogP contribution in [0.4, 0.5) is 5.69 Å². The molecule has 0 atom stereocenters. The minimum absolute atomic E-state index is 0.0514. The van der Waals surface area contributed by atoms with Crippen LogP contribution in [0.1, 0.15) is 59.9 Å². The maximum atomic E-state index is 12.7. The van der Waals surface area contributed by atoms with Crippen molar-refractivity contribution in [3.05, 3.63) is 59.2 Å². The first-order valence-corrected chi connectivity index (χ1v) is 10.0. The highest BCUT2D eigenvalue weighted by atomic mass is 16.5. The number of carbonyl (C=O) groups is 2. The summed E-state index contributed by atoms with van der Waals surface area (Å²) in [5, 5.41) is 0. The van der Waals surface area contributed by atoms with E-state index in [0.29, 0.717) is 16.9 Å². The molecule has 0 aromatic heterocycles. The first kappa shape index (κ1) is 20.9. The molecule has 0 N–H and O–H groups in total. The Morgan fingerprint density at radius 3 is 2.17 bits per heavy atom. The molecular weight excluding hydrogens is 366 g/mol. The highest BCUT2D eigenvalue weighted by Gasteiger charge is 2.24. The van der Waals surface area contributed by atoms with Crippen molar-refractivity contribution in [3.63, 3.8) is 0 Å². The summed E-state index contributed by atoms with van der Waals surface area (Å²) >= 11 is 0. The van der Waals surface area contributed by atoms with E-state index in [1.165, 1.54) is 31.2 Å². The lowest BCUT2D eigenvalue weighted by atomic mass is 9.84. The van der Waals surface area contributed by atoms with Gasteiger partial charge < -0.3 is 14.4 Å². The van der Waals surface area contributed by atoms with Crippen molar-refractivity contribution in [2.24, 2.45) is 0 Å². The topological polar surface area (TPSA) is 55.8 Å². The minimum atomic E-state index is -0.402. The number of methoxy groups -OCH3 is 1. The summed E-state index contributed by atoms with van der Waals surface area (Å²) < 4.78 is 10.3. The standard InChI is InChI=1S/C24H29NO4/c1-24(2,3)20-15-18(9-12-21(20)25-13-5-6-14-25)22(26)16-29-19-10-7-17(8-11-19)23(27)28-4/h7-12,15H,5-6,13-14,16H2,1-4H3. The van der Waals surface area contributed by atoms with E-state index >= 15 is 0 Å². The lowest BCUT2D eigenvalue weighted by molar-refractivity contribution is 0.0600. The quantitative estimate of drug-likeness (QED) is 0.527. The Morgan fingerprint density at radius 1 is 0.966 bits per heavy atom. The Bertz CT molecular complexity index is 875. The lowest BCUT2D eigenvalue weighted by Gasteiger charge is -2.29. The van der Waals surface area contributed by atoms with Gasteiger partial charge in [0.25, 0.3) is 0 Å². The molecule has 29 heavy (non-hydrogen) atoms. The molecule has 1 aliphatic heterocycles. The average molecular weight is 395 g/mol. The van der Waals surface area contributed by atoms with Crippen molar-refractivity contribution < 1.29 is 19.1 Å². The average Bonchev–Trinajstić information content (AvgIpc) is 3.25. The maximum absolute atomic E-state index is 12.7. The Kier molecular flexibility index (Phi) is 6.26. The summed E-state index contributed by atoms with van der Waals surface area (Å²) in [6.45, 7) is 8.62. The Hall–Kier alpha value is -2.82. The summed E-state index contributed by atoms with van der Waals surface area (Å²) in [6, 6.07) is 12.6. The summed E-state index contributed by atoms with van der Waals surface area (Å²) in [5.41, 5.74) is 3.46. The SMILES string of the molecule is COC(=O)c1ccc(OCC(=O)c2ccc(N3CCCC3)c(C(C)(C)C)c2)cc1. The number of benzene rings is 2. The molecule has 5 heteroatoms. The number of rotatable bonds is 6. The normalized spacial score (nSPS) is 14.0. The number of nitrogens with zero attached hydrogens (tertiary/aromatic N) is 1. The second kappa shape index (κ2) is 8.68. The van der Waals surface area contributed by atoms with Crippen LogP contribution in [0.5, 0.6) is 5.75 Å². The molecule has 154 valence electrons. The third-order valence-electron chi connectivity index (χ3n) is 5.22. The molecule has 0 bridgehead atoms. The Labute approximate surface area is 172 Å². The molecule has 0 spiro atoms. The molecule has 5 nitrogen and oxygen atoms in total. The fraction of sp³-hybridized carbons (Fsp3) is 0.417. The molecule has 2 aromatic carbocycles. The van der Waals surface area contributed by atoms with Crippen LogP contribution in [0.25, 0.3) is 0 Å². The van der Waals surface area contributed by atoms with E-state index in [1.807, 2.05) is 12.1 Å². The van der Waals surface area contributed by atoms with Crippen molar-refractivity contribution in [1.82, 2.24) is 0 Å². The molecule has 1 aliphatic rings. The summed E-state index contributed by atoms with van der Waals surface area (Å²) in [7, 11) is 1.34. The minimum Gasteiger partial charge on any atom is -0.485 e. The second-order valence-electron chi connectivity index (χ2n) is 8.40. The van der Waals surface area contributed by atoms with Crippen LogP contribution in [-0.4, -0.2) is 38.6 Å². The number of ether oxygens (including phenoxy) is 2.